The highest BCUT2D eigenvalue weighted by atomic mass is 32.1. The van der Waals surface area contributed by atoms with Gasteiger partial charge in [0, 0.05) is 105 Å². The first-order chi connectivity index (χ1) is 32.3. The number of nitrogens with two attached hydrogens (primary N) is 1. The number of hydrogen-bond acceptors (Lipinski definition) is 14. The molecule has 1 saturated carbocycles. The average Bonchev–Trinajstić information content (AvgIpc) is 3.72. The van der Waals surface area contributed by atoms with Crippen LogP contribution in [-0.4, -0.2) is 144 Å². The second-order valence-electron chi connectivity index (χ2n) is 21.0. The van der Waals surface area contributed by atoms with Crippen LogP contribution in [0.15, 0.2) is 35.8 Å². The molecule has 4 saturated heterocycles. The highest BCUT2D eigenvalue weighted by molar-refractivity contribution is 7.10. The predicted molar refractivity (Wildman–Crippen MR) is 257 cm³/mol. The van der Waals surface area contributed by atoms with Crippen molar-refractivity contribution in [3.63, 3.8) is 0 Å². The second kappa shape index (κ2) is 19.2. The number of rotatable bonds is 11. The number of nitrogens with zero attached hydrogens (tertiary/aromatic N) is 6. The number of nitrogens with one attached hydrogen (secondary N) is 1. The van der Waals surface area contributed by atoms with Crippen molar-refractivity contribution < 1.29 is 33.3 Å². The Kier molecular flexibility index (Phi) is 13.4. The first kappa shape index (κ1) is 46.9. The van der Waals surface area contributed by atoms with Crippen molar-refractivity contribution in [2.45, 2.75) is 134 Å². The van der Waals surface area contributed by atoms with Gasteiger partial charge in [0.1, 0.15) is 17.1 Å². The van der Waals surface area contributed by atoms with Crippen molar-refractivity contribution in [2.24, 2.45) is 11.1 Å². The molecule has 0 unspecified atom stereocenters. The number of methoxy groups -OCH3 is 2. The summed E-state index contributed by atoms with van der Waals surface area (Å²) in [4.78, 5) is 43.8. The molecule has 362 valence electrons. The van der Waals surface area contributed by atoms with Crippen molar-refractivity contribution in [1.82, 2.24) is 34.8 Å². The van der Waals surface area contributed by atoms with E-state index >= 15 is 0 Å². The van der Waals surface area contributed by atoms with E-state index in [9.17, 15) is 9.59 Å². The molecular weight excluding hydrogens is 869 g/mol. The zero-order chi connectivity index (χ0) is 46.6. The lowest BCUT2D eigenvalue weighted by Gasteiger charge is -2.51. The number of likely N-dealkylation sites (tertiary alicyclic amines) is 2. The van der Waals surface area contributed by atoms with E-state index in [1.165, 1.54) is 34.8 Å². The molecule has 3 aromatic heterocycles. The fraction of sp³-hybridized carbons (Fsp3) is 0.647. The van der Waals surface area contributed by atoms with E-state index in [0.717, 1.165) is 88.1 Å². The Morgan fingerprint density at radius 3 is 2.58 bits per heavy atom. The Bertz CT molecular complexity index is 2440. The van der Waals surface area contributed by atoms with Gasteiger partial charge in [-0.2, -0.15) is 0 Å². The maximum absolute atomic E-state index is 14.3. The highest BCUT2D eigenvalue weighted by Crippen LogP contribution is 2.45. The number of fused-ring (bicyclic) bond motifs is 6. The third-order valence-electron chi connectivity index (χ3n) is 15.3. The third kappa shape index (κ3) is 9.59. The van der Waals surface area contributed by atoms with Gasteiger partial charge in [-0.15, -0.1) is 11.3 Å². The lowest BCUT2D eigenvalue weighted by molar-refractivity contribution is -0.157. The number of esters is 1. The van der Waals surface area contributed by atoms with E-state index in [1.807, 2.05) is 0 Å². The van der Waals surface area contributed by atoms with Gasteiger partial charge in [-0.3, -0.25) is 29.4 Å². The number of carbonyl (C=O) groups is 2. The molecule has 0 spiro atoms. The predicted octanol–water partition coefficient (Wildman–Crippen LogP) is 6.39. The summed E-state index contributed by atoms with van der Waals surface area (Å²) in [7, 11) is 3.47. The van der Waals surface area contributed by atoms with Crippen molar-refractivity contribution in [3.05, 3.63) is 57.7 Å². The number of aromatic nitrogens is 3. The standard InChI is InChI=1S/C51H70N8O7S/c1-31(62-5)44-38(23-34(25-53-44)33-13-17-56(26-33)35-10-11-35)45-39-24-50(2,3)30-66-49(61)40-8-7-16-59(55-40)48(60)43(52)46(57-28-51(4,29-57)63-6)47-54-41(27-67-47)32-9-12-42(37(39)22-32)58(45)18-21-65-36-14-19-64-20-15-36/h9,12,22-23,25,27,31,33,35-36,40,43,46,55H,7-8,10-11,13-21,24,26,28-30,52H2,1-6H3/t31-,33+,40-,43-,46-/m0/s1. The van der Waals surface area contributed by atoms with Gasteiger partial charge in [0.05, 0.1) is 54.1 Å². The largest absolute Gasteiger partial charge is 0.464 e. The number of cyclic esters (lactones) is 1. The Morgan fingerprint density at radius 1 is 1.01 bits per heavy atom. The Hall–Kier alpha value is -3.84. The van der Waals surface area contributed by atoms with Crippen LogP contribution in [0.4, 0.5) is 0 Å². The van der Waals surface area contributed by atoms with Gasteiger partial charge in [-0.05, 0) is 107 Å². The number of pyridine rings is 1. The summed E-state index contributed by atoms with van der Waals surface area (Å²) in [5, 5.41) is 5.48. The zero-order valence-electron chi connectivity index (χ0n) is 40.3. The number of hydrogen-bond donors (Lipinski definition) is 2. The first-order valence-corrected chi connectivity index (χ1v) is 25.6. The Balaban J connectivity index is 1.13. The van der Waals surface area contributed by atoms with Gasteiger partial charge in [0.25, 0.3) is 5.91 Å². The molecule has 10 rings (SSSR count). The van der Waals surface area contributed by atoms with Crippen LogP contribution in [0.1, 0.15) is 113 Å². The van der Waals surface area contributed by atoms with Crippen LogP contribution in [-0.2, 0) is 46.2 Å². The lowest BCUT2D eigenvalue weighted by Crippen LogP contribution is -2.66. The maximum atomic E-state index is 14.3. The number of ether oxygens (including phenoxy) is 5. The molecule has 6 bridgehead atoms. The maximum Gasteiger partial charge on any atom is 0.324 e. The molecule has 5 aliphatic heterocycles. The zero-order valence-corrected chi connectivity index (χ0v) is 41.1. The van der Waals surface area contributed by atoms with Gasteiger partial charge in [0.15, 0.2) is 0 Å². The summed E-state index contributed by atoms with van der Waals surface area (Å²) >= 11 is 1.53. The lowest BCUT2D eigenvalue weighted by atomic mass is 9.83. The second-order valence-corrected chi connectivity index (χ2v) is 21.9. The number of benzene rings is 1. The Labute approximate surface area is 398 Å². The van der Waals surface area contributed by atoms with Gasteiger partial charge >= 0.3 is 5.97 Å². The number of carbonyl (C=O) groups excluding carboxylic acids is 2. The number of hydrazine groups is 1. The summed E-state index contributed by atoms with van der Waals surface area (Å²) in [6.07, 6.45) is 9.24. The smallest absolute Gasteiger partial charge is 0.324 e. The van der Waals surface area contributed by atoms with Gasteiger partial charge < -0.3 is 34.0 Å². The van der Waals surface area contributed by atoms with Gasteiger partial charge in [-0.25, -0.2) is 10.4 Å². The van der Waals surface area contributed by atoms with Crippen LogP contribution in [0.3, 0.4) is 0 Å². The van der Waals surface area contributed by atoms with E-state index in [1.54, 1.807) is 14.2 Å². The van der Waals surface area contributed by atoms with E-state index < -0.39 is 23.5 Å². The molecule has 1 amide bonds. The summed E-state index contributed by atoms with van der Waals surface area (Å²) in [5.41, 5.74) is 17.7. The van der Waals surface area contributed by atoms with Crippen molar-refractivity contribution >= 4 is 34.1 Å². The molecule has 0 radical (unpaired) electrons. The van der Waals surface area contributed by atoms with E-state index in [-0.39, 0.29) is 36.3 Å². The normalized spacial score (nSPS) is 26.9. The van der Waals surface area contributed by atoms with E-state index in [2.05, 4.69) is 83.3 Å². The minimum absolute atomic E-state index is 0.150. The molecule has 16 heteroatoms. The molecule has 15 nitrogen and oxygen atoms in total. The molecule has 1 aliphatic carbocycles. The SMILES string of the molecule is CO[C@@H](C)c1ncc([C@@H]2CCN(C3CC3)C2)cc1-c1c2c3cc(ccc3n1CCOC1CCOCC1)-c1csc(n1)[C@@H](N1CC(C)(OC)C1)[C@H](N)C(=O)N1CCC[C@H](N1)C(=O)OCC(C)(C)C2. The molecule has 3 N–H and O–H groups in total. The summed E-state index contributed by atoms with van der Waals surface area (Å²) in [6, 6.07) is 7.67. The van der Waals surface area contributed by atoms with Crippen molar-refractivity contribution in [3.8, 4) is 22.5 Å². The average molecular weight is 939 g/mol. The number of amides is 1. The van der Waals surface area contributed by atoms with Crippen LogP contribution in [0.2, 0.25) is 0 Å². The molecule has 6 aliphatic rings. The van der Waals surface area contributed by atoms with E-state index in [4.69, 9.17) is 39.4 Å². The van der Waals surface area contributed by atoms with Crippen LogP contribution < -0.4 is 11.2 Å². The van der Waals surface area contributed by atoms with E-state index in [0.29, 0.717) is 71.2 Å². The van der Waals surface area contributed by atoms with Crippen LogP contribution in [0.5, 0.6) is 0 Å². The Morgan fingerprint density at radius 2 is 1.82 bits per heavy atom. The fourth-order valence-electron chi connectivity index (χ4n) is 11.2. The minimum Gasteiger partial charge on any atom is -0.464 e. The number of thiazole rings is 1. The summed E-state index contributed by atoms with van der Waals surface area (Å²) in [5.74, 6) is -0.262. The third-order valence-corrected chi connectivity index (χ3v) is 16.3. The first-order valence-electron chi connectivity index (χ1n) is 24.7. The highest BCUT2D eigenvalue weighted by Gasteiger charge is 2.48. The topological polar surface area (TPSA) is 159 Å². The minimum atomic E-state index is -0.941. The quantitative estimate of drug-likeness (QED) is 0.160. The van der Waals surface area contributed by atoms with Crippen LogP contribution in [0.25, 0.3) is 33.4 Å². The molecule has 5 atom stereocenters. The molecular formula is C51H70N8O7S. The fourth-order valence-corrected chi connectivity index (χ4v) is 12.2. The van der Waals surface area contributed by atoms with Gasteiger partial charge in [0.2, 0.25) is 0 Å². The molecule has 5 fully saturated rings. The molecule has 67 heavy (non-hydrogen) atoms. The van der Waals surface area contributed by atoms with Gasteiger partial charge in [-0.1, -0.05) is 19.9 Å². The molecule has 1 aromatic carbocycles. The monoisotopic (exact) mass is 939 g/mol. The van der Waals surface area contributed by atoms with Crippen molar-refractivity contribution in [1.29, 1.82) is 0 Å². The molecule has 4 aromatic rings. The summed E-state index contributed by atoms with van der Waals surface area (Å²) in [6.45, 7) is 15.1. The van der Waals surface area contributed by atoms with Crippen LogP contribution >= 0.6 is 11.3 Å². The van der Waals surface area contributed by atoms with Crippen molar-refractivity contribution in [2.75, 3.05) is 73.4 Å². The summed E-state index contributed by atoms with van der Waals surface area (Å²) < 4.78 is 33.0. The van der Waals surface area contributed by atoms with Crippen LogP contribution in [0, 0.1) is 5.41 Å². The molecule has 8 heterocycles.